The van der Waals surface area contributed by atoms with Crippen molar-refractivity contribution in [2.75, 3.05) is 14.1 Å². The van der Waals surface area contributed by atoms with Crippen molar-refractivity contribution in [1.82, 2.24) is 9.21 Å². The molecule has 0 saturated carbocycles. The summed E-state index contributed by atoms with van der Waals surface area (Å²) in [6.45, 7) is 4.05. The first-order chi connectivity index (χ1) is 13.7. The molecule has 3 aromatic rings. The van der Waals surface area contributed by atoms with Crippen LogP contribution in [0.2, 0.25) is 0 Å². The van der Waals surface area contributed by atoms with Gasteiger partial charge in [0.25, 0.3) is 5.91 Å². The highest BCUT2D eigenvalue weighted by molar-refractivity contribution is 7.89. The fraction of sp³-hybridized carbons (Fsp3) is 0.261. The van der Waals surface area contributed by atoms with Crippen molar-refractivity contribution in [3.63, 3.8) is 0 Å². The van der Waals surface area contributed by atoms with Crippen LogP contribution in [0.4, 0.5) is 0 Å². The summed E-state index contributed by atoms with van der Waals surface area (Å²) < 4.78 is 26.8. The Labute approximate surface area is 172 Å². The zero-order valence-corrected chi connectivity index (χ0v) is 18.0. The smallest absolute Gasteiger partial charge is 0.253 e. The van der Waals surface area contributed by atoms with Gasteiger partial charge in [-0.2, -0.15) is 4.31 Å². The van der Waals surface area contributed by atoms with Crippen LogP contribution < -0.4 is 0 Å². The lowest BCUT2D eigenvalue weighted by molar-refractivity contribution is 0.0785. The van der Waals surface area contributed by atoms with E-state index in [1.807, 2.05) is 56.3 Å². The second-order valence-electron chi connectivity index (χ2n) is 7.44. The normalized spacial score (nSPS) is 11.9. The molecular formula is C23H26N2O3S. The first-order valence-electron chi connectivity index (χ1n) is 9.52. The number of sulfonamides is 1. The maximum absolute atomic E-state index is 13.0. The van der Waals surface area contributed by atoms with Gasteiger partial charge in [0.05, 0.1) is 4.90 Å². The van der Waals surface area contributed by atoms with Gasteiger partial charge in [0.1, 0.15) is 0 Å². The molecule has 0 aliphatic heterocycles. The van der Waals surface area contributed by atoms with Gasteiger partial charge in [-0.05, 0) is 48.4 Å². The molecule has 152 valence electrons. The molecular weight excluding hydrogens is 384 g/mol. The summed E-state index contributed by atoms with van der Waals surface area (Å²) in [6.07, 6.45) is 0. The van der Waals surface area contributed by atoms with Crippen LogP contribution >= 0.6 is 0 Å². The number of hydrogen-bond donors (Lipinski definition) is 0. The Bertz CT molecular complexity index is 1130. The average molecular weight is 411 g/mol. The van der Waals surface area contributed by atoms with Crippen molar-refractivity contribution in [3.05, 3.63) is 77.9 Å². The third-order valence-electron chi connectivity index (χ3n) is 5.12. The van der Waals surface area contributed by atoms with Gasteiger partial charge in [-0.3, -0.25) is 4.79 Å². The number of amides is 1. The number of fused-ring (bicyclic) bond motifs is 1. The zero-order valence-electron chi connectivity index (χ0n) is 17.2. The van der Waals surface area contributed by atoms with Crippen LogP contribution in [0.25, 0.3) is 10.8 Å². The third kappa shape index (κ3) is 4.33. The fourth-order valence-corrected chi connectivity index (χ4v) is 4.63. The van der Waals surface area contributed by atoms with Gasteiger partial charge in [0.2, 0.25) is 10.0 Å². The molecule has 5 nitrogen and oxygen atoms in total. The van der Waals surface area contributed by atoms with E-state index in [1.165, 1.54) is 16.4 Å². The van der Waals surface area contributed by atoms with E-state index in [0.717, 1.165) is 16.3 Å². The van der Waals surface area contributed by atoms with Gasteiger partial charge in [-0.25, -0.2) is 8.42 Å². The maximum atomic E-state index is 13.0. The highest BCUT2D eigenvalue weighted by atomic mass is 32.2. The van der Waals surface area contributed by atoms with E-state index < -0.39 is 10.0 Å². The Kier molecular flexibility index (Phi) is 6.05. The van der Waals surface area contributed by atoms with E-state index in [-0.39, 0.29) is 16.8 Å². The highest BCUT2D eigenvalue weighted by Gasteiger charge is 2.24. The fourth-order valence-electron chi connectivity index (χ4n) is 3.21. The van der Waals surface area contributed by atoms with Crippen LogP contribution in [0.5, 0.6) is 0 Å². The largest absolute Gasteiger partial charge is 0.337 e. The average Bonchev–Trinajstić information content (AvgIpc) is 2.72. The summed E-state index contributed by atoms with van der Waals surface area (Å²) in [6, 6.07) is 20.1. The van der Waals surface area contributed by atoms with Gasteiger partial charge < -0.3 is 4.90 Å². The Hall–Kier alpha value is -2.70. The SMILES string of the molecule is CC(C)N(C)S(=O)(=O)c1cccc(C(=O)N(C)Cc2cccc3ccccc23)c1. The molecule has 0 radical (unpaired) electrons. The van der Waals surface area contributed by atoms with Crippen molar-refractivity contribution in [2.45, 2.75) is 31.3 Å². The van der Waals surface area contributed by atoms with E-state index in [2.05, 4.69) is 0 Å². The van der Waals surface area contributed by atoms with E-state index in [9.17, 15) is 13.2 Å². The number of carbonyl (C=O) groups excluding carboxylic acids is 1. The van der Waals surface area contributed by atoms with Crippen LogP contribution in [0.3, 0.4) is 0 Å². The molecule has 3 aromatic carbocycles. The molecule has 0 N–H and O–H groups in total. The minimum absolute atomic E-state index is 0.123. The topological polar surface area (TPSA) is 57.7 Å². The summed E-state index contributed by atoms with van der Waals surface area (Å²) >= 11 is 0. The molecule has 29 heavy (non-hydrogen) atoms. The standard InChI is InChI=1S/C23H26N2O3S/c1-17(2)25(4)29(27,28)21-13-8-11-19(15-21)23(26)24(3)16-20-12-7-10-18-9-5-6-14-22(18)20/h5-15,17H,16H2,1-4H3. The highest BCUT2D eigenvalue weighted by Crippen LogP contribution is 2.22. The van der Waals surface area contributed by atoms with Crippen LogP contribution in [-0.4, -0.2) is 43.7 Å². The quantitative estimate of drug-likeness (QED) is 0.614. The molecule has 0 aromatic heterocycles. The summed E-state index contributed by atoms with van der Waals surface area (Å²) in [5.74, 6) is -0.220. The molecule has 3 rings (SSSR count). The summed E-state index contributed by atoms with van der Waals surface area (Å²) in [4.78, 5) is 14.7. The van der Waals surface area contributed by atoms with Gasteiger partial charge >= 0.3 is 0 Å². The Morgan fingerprint density at radius 2 is 1.59 bits per heavy atom. The molecule has 0 aliphatic carbocycles. The van der Waals surface area contributed by atoms with Crippen LogP contribution in [0.1, 0.15) is 29.8 Å². The van der Waals surface area contributed by atoms with Crippen molar-refractivity contribution >= 4 is 26.7 Å². The van der Waals surface area contributed by atoms with Crippen LogP contribution in [0, 0.1) is 0 Å². The lowest BCUT2D eigenvalue weighted by Gasteiger charge is -2.22. The molecule has 0 spiro atoms. The van der Waals surface area contributed by atoms with Gasteiger partial charge in [0, 0.05) is 32.2 Å². The molecule has 0 fully saturated rings. The van der Waals surface area contributed by atoms with E-state index in [1.54, 1.807) is 31.1 Å². The minimum atomic E-state index is -3.65. The second kappa shape index (κ2) is 8.35. The summed E-state index contributed by atoms with van der Waals surface area (Å²) in [7, 11) is -0.375. The molecule has 0 bridgehead atoms. The van der Waals surface area contributed by atoms with Crippen LogP contribution in [0.15, 0.2) is 71.6 Å². The lowest BCUT2D eigenvalue weighted by atomic mass is 10.0. The molecule has 0 unspecified atom stereocenters. The number of benzene rings is 3. The third-order valence-corrected chi connectivity index (χ3v) is 7.15. The summed E-state index contributed by atoms with van der Waals surface area (Å²) in [5, 5.41) is 2.22. The number of rotatable bonds is 6. The van der Waals surface area contributed by atoms with Crippen molar-refractivity contribution in [1.29, 1.82) is 0 Å². The zero-order chi connectivity index (χ0) is 21.2. The molecule has 0 heterocycles. The molecule has 6 heteroatoms. The van der Waals surface area contributed by atoms with Gasteiger partial charge in [-0.15, -0.1) is 0 Å². The van der Waals surface area contributed by atoms with Crippen LogP contribution in [-0.2, 0) is 16.6 Å². The number of carbonyl (C=O) groups is 1. The second-order valence-corrected chi connectivity index (χ2v) is 9.44. The Morgan fingerprint density at radius 3 is 2.31 bits per heavy atom. The first-order valence-corrected chi connectivity index (χ1v) is 11.0. The molecule has 0 saturated heterocycles. The monoisotopic (exact) mass is 410 g/mol. The first kappa shape index (κ1) is 21.0. The summed E-state index contributed by atoms with van der Waals surface area (Å²) in [5.41, 5.74) is 1.40. The Balaban J connectivity index is 1.87. The maximum Gasteiger partial charge on any atom is 0.253 e. The van der Waals surface area contributed by atoms with E-state index in [4.69, 9.17) is 0 Å². The van der Waals surface area contributed by atoms with Gasteiger partial charge in [-0.1, -0.05) is 48.5 Å². The van der Waals surface area contributed by atoms with Gasteiger partial charge in [0.15, 0.2) is 0 Å². The Morgan fingerprint density at radius 1 is 0.931 bits per heavy atom. The van der Waals surface area contributed by atoms with E-state index in [0.29, 0.717) is 12.1 Å². The number of hydrogen-bond acceptors (Lipinski definition) is 3. The minimum Gasteiger partial charge on any atom is -0.337 e. The van der Waals surface area contributed by atoms with E-state index >= 15 is 0 Å². The molecule has 0 atom stereocenters. The molecule has 1 amide bonds. The van der Waals surface area contributed by atoms with Crippen molar-refractivity contribution in [3.8, 4) is 0 Å². The number of nitrogens with zero attached hydrogens (tertiary/aromatic N) is 2. The lowest BCUT2D eigenvalue weighted by Crippen LogP contribution is -2.33. The predicted octanol–water partition coefficient (Wildman–Crippen LogP) is 4.14. The van der Waals surface area contributed by atoms with Crippen molar-refractivity contribution in [2.24, 2.45) is 0 Å². The van der Waals surface area contributed by atoms with Crippen molar-refractivity contribution < 1.29 is 13.2 Å². The molecule has 0 aliphatic rings. The predicted molar refractivity (Wildman–Crippen MR) is 116 cm³/mol.